The number of aryl methyl sites for hydroxylation is 1. The topological polar surface area (TPSA) is 98.2 Å². The molecule has 2 aliphatic rings. The standard InChI is InChI=1S/C25H31N5O3/c1-17-27-28-24(32-17)20-10-12-21(13-11-20)25(31)30-14-6-7-18(16-30)15-22-26-23(29-33-22)19-8-4-2-3-5-9-19/h10-13,18-19H,2-9,14-16H2,1H3. The Morgan fingerprint density at radius 1 is 1.03 bits per heavy atom. The van der Waals surface area contributed by atoms with E-state index in [1.54, 1.807) is 6.92 Å². The SMILES string of the molecule is Cc1nnc(-c2ccc(C(=O)N3CCCC(Cc4nc(C5CCCCCC5)no4)C3)cc2)o1. The molecule has 5 rings (SSSR count). The summed E-state index contributed by atoms with van der Waals surface area (Å²) in [6.45, 7) is 3.25. The predicted octanol–water partition coefficient (Wildman–Crippen LogP) is 4.96. The van der Waals surface area contributed by atoms with Gasteiger partial charge in [-0.15, -0.1) is 10.2 Å². The fourth-order valence-corrected chi connectivity index (χ4v) is 5.07. The molecule has 1 aliphatic heterocycles. The van der Waals surface area contributed by atoms with E-state index < -0.39 is 0 Å². The van der Waals surface area contributed by atoms with Crippen LogP contribution in [0.2, 0.25) is 0 Å². The molecular formula is C25H31N5O3. The molecule has 1 saturated heterocycles. The molecule has 1 atom stereocenters. The fourth-order valence-electron chi connectivity index (χ4n) is 5.07. The first kappa shape index (κ1) is 21.8. The molecule has 0 bridgehead atoms. The molecule has 1 unspecified atom stereocenters. The van der Waals surface area contributed by atoms with Gasteiger partial charge in [-0.25, -0.2) is 0 Å². The van der Waals surface area contributed by atoms with Crippen LogP contribution in [-0.2, 0) is 6.42 Å². The molecule has 0 spiro atoms. The zero-order valence-corrected chi connectivity index (χ0v) is 19.2. The summed E-state index contributed by atoms with van der Waals surface area (Å²) < 4.78 is 11.1. The first-order valence-corrected chi connectivity index (χ1v) is 12.2. The van der Waals surface area contributed by atoms with Crippen LogP contribution in [0.15, 0.2) is 33.2 Å². The highest BCUT2D eigenvalue weighted by molar-refractivity contribution is 5.94. The molecule has 1 saturated carbocycles. The van der Waals surface area contributed by atoms with Crippen LogP contribution in [0.1, 0.15) is 85.2 Å². The first-order valence-electron chi connectivity index (χ1n) is 12.2. The number of carbonyl (C=O) groups excluding carboxylic acids is 1. The van der Waals surface area contributed by atoms with Gasteiger partial charge < -0.3 is 13.8 Å². The van der Waals surface area contributed by atoms with Crippen LogP contribution < -0.4 is 0 Å². The number of carbonyl (C=O) groups is 1. The summed E-state index contributed by atoms with van der Waals surface area (Å²) in [4.78, 5) is 19.8. The molecule has 1 aromatic carbocycles. The summed E-state index contributed by atoms with van der Waals surface area (Å²) >= 11 is 0. The van der Waals surface area contributed by atoms with Crippen LogP contribution in [0.25, 0.3) is 11.5 Å². The number of hydrogen-bond donors (Lipinski definition) is 0. The van der Waals surface area contributed by atoms with Gasteiger partial charge in [0.1, 0.15) is 0 Å². The molecule has 3 heterocycles. The monoisotopic (exact) mass is 449 g/mol. The number of benzene rings is 1. The lowest BCUT2D eigenvalue weighted by Crippen LogP contribution is -2.40. The van der Waals surface area contributed by atoms with Crippen molar-refractivity contribution >= 4 is 5.91 Å². The van der Waals surface area contributed by atoms with Crippen molar-refractivity contribution in [1.82, 2.24) is 25.2 Å². The predicted molar refractivity (Wildman–Crippen MR) is 122 cm³/mol. The lowest BCUT2D eigenvalue weighted by Gasteiger charge is -2.32. The minimum absolute atomic E-state index is 0.0534. The molecule has 174 valence electrons. The van der Waals surface area contributed by atoms with E-state index >= 15 is 0 Å². The lowest BCUT2D eigenvalue weighted by atomic mass is 9.94. The van der Waals surface area contributed by atoms with Crippen molar-refractivity contribution in [3.05, 3.63) is 47.4 Å². The molecule has 8 nitrogen and oxygen atoms in total. The second-order valence-corrected chi connectivity index (χ2v) is 9.40. The molecule has 8 heteroatoms. The van der Waals surface area contributed by atoms with Crippen molar-refractivity contribution in [3.8, 4) is 11.5 Å². The maximum atomic E-state index is 13.1. The van der Waals surface area contributed by atoms with Gasteiger partial charge in [0.15, 0.2) is 5.82 Å². The third-order valence-corrected chi connectivity index (χ3v) is 6.88. The number of likely N-dealkylation sites (tertiary alicyclic amines) is 1. The van der Waals surface area contributed by atoms with E-state index in [0.717, 1.165) is 50.0 Å². The molecule has 2 fully saturated rings. The average Bonchev–Trinajstić information content (AvgIpc) is 3.40. The average molecular weight is 450 g/mol. The van der Waals surface area contributed by atoms with Crippen LogP contribution in [-0.4, -0.2) is 44.2 Å². The Bertz CT molecular complexity index is 1070. The first-order chi connectivity index (χ1) is 16.2. The van der Waals surface area contributed by atoms with E-state index in [-0.39, 0.29) is 5.91 Å². The van der Waals surface area contributed by atoms with Gasteiger partial charge in [0, 0.05) is 43.5 Å². The van der Waals surface area contributed by atoms with Crippen LogP contribution >= 0.6 is 0 Å². The highest BCUT2D eigenvalue weighted by atomic mass is 16.5. The number of aromatic nitrogens is 4. The molecule has 33 heavy (non-hydrogen) atoms. The van der Waals surface area contributed by atoms with E-state index in [9.17, 15) is 4.79 Å². The Hall–Kier alpha value is -3.03. The van der Waals surface area contributed by atoms with Crippen LogP contribution in [0.5, 0.6) is 0 Å². The van der Waals surface area contributed by atoms with Gasteiger partial charge in [-0.05, 0) is 55.9 Å². The summed E-state index contributed by atoms with van der Waals surface area (Å²) in [5.74, 6) is 3.41. The van der Waals surface area contributed by atoms with Gasteiger partial charge in [-0.1, -0.05) is 30.8 Å². The Morgan fingerprint density at radius 2 is 1.82 bits per heavy atom. The fraction of sp³-hybridized carbons (Fsp3) is 0.560. The second kappa shape index (κ2) is 9.85. The molecule has 0 radical (unpaired) electrons. The van der Waals surface area contributed by atoms with Crippen molar-refractivity contribution in [2.75, 3.05) is 13.1 Å². The normalized spacial score (nSPS) is 20.0. The van der Waals surface area contributed by atoms with Crippen LogP contribution in [0.4, 0.5) is 0 Å². The Labute approximate surface area is 193 Å². The third kappa shape index (κ3) is 5.15. The molecule has 2 aromatic heterocycles. The van der Waals surface area contributed by atoms with Crippen molar-refractivity contribution < 1.29 is 13.7 Å². The van der Waals surface area contributed by atoms with Gasteiger partial charge in [-0.2, -0.15) is 4.98 Å². The summed E-state index contributed by atoms with van der Waals surface area (Å²) in [5.41, 5.74) is 1.48. The van der Waals surface area contributed by atoms with E-state index in [0.29, 0.717) is 41.6 Å². The summed E-state index contributed by atoms with van der Waals surface area (Å²) in [5, 5.41) is 12.2. The second-order valence-electron chi connectivity index (χ2n) is 9.40. The number of amides is 1. The number of nitrogens with zero attached hydrogens (tertiary/aromatic N) is 5. The van der Waals surface area contributed by atoms with Gasteiger partial charge >= 0.3 is 0 Å². The summed E-state index contributed by atoms with van der Waals surface area (Å²) in [7, 11) is 0. The van der Waals surface area contributed by atoms with E-state index in [1.165, 1.54) is 25.7 Å². The molecule has 1 aliphatic carbocycles. The quantitative estimate of drug-likeness (QED) is 0.508. The molecule has 1 amide bonds. The largest absolute Gasteiger partial charge is 0.421 e. The maximum absolute atomic E-state index is 13.1. The highest BCUT2D eigenvalue weighted by Crippen LogP contribution is 2.30. The van der Waals surface area contributed by atoms with Crippen molar-refractivity contribution in [3.63, 3.8) is 0 Å². The summed E-state index contributed by atoms with van der Waals surface area (Å²) in [6, 6.07) is 7.37. The van der Waals surface area contributed by atoms with Gasteiger partial charge in [0.05, 0.1) is 0 Å². The Balaban J connectivity index is 1.19. The molecule has 3 aromatic rings. The van der Waals surface area contributed by atoms with Crippen LogP contribution in [0.3, 0.4) is 0 Å². The molecule has 0 N–H and O–H groups in total. The highest BCUT2D eigenvalue weighted by Gasteiger charge is 2.27. The number of piperidine rings is 1. The lowest BCUT2D eigenvalue weighted by molar-refractivity contribution is 0.0668. The van der Waals surface area contributed by atoms with E-state index in [2.05, 4.69) is 15.4 Å². The third-order valence-electron chi connectivity index (χ3n) is 6.88. The Morgan fingerprint density at radius 3 is 2.55 bits per heavy atom. The number of hydrogen-bond acceptors (Lipinski definition) is 7. The molecular weight excluding hydrogens is 418 g/mol. The minimum atomic E-state index is 0.0534. The van der Waals surface area contributed by atoms with Gasteiger partial charge in [-0.3, -0.25) is 4.79 Å². The van der Waals surface area contributed by atoms with Gasteiger partial charge in [0.2, 0.25) is 17.7 Å². The van der Waals surface area contributed by atoms with Crippen LogP contribution in [0, 0.1) is 12.8 Å². The van der Waals surface area contributed by atoms with Crippen molar-refractivity contribution in [2.24, 2.45) is 5.92 Å². The zero-order valence-electron chi connectivity index (χ0n) is 19.2. The number of rotatable bonds is 5. The van der Waals surface area contributed by atoms with Crippen molar-refractivity contribution in [1.29, 1.82) is 0 Å². The van der Waals surface area contributed by atoms with Crippen molar-refractivity contribution in [2.45, 2.75) is 70.6 Å². The Kier molecular flexibility index (Phi) is 6.51. The van der Waals surface area contributed by atoms with E-state index in [1.807, 2.05) is 29.2 Å². The zero-order chi connectivity index (χ0) is 22.6. The smallest absolute Gasteiger partial charge is 0.253 e. The summed E-state index contributed by atoms with van der Waals surface area (Å²) in [6.07, 6.45) is 10.2. The van der Waals surface area contributed by atoms with E-state index in [4.69, 9.17) is 13.9 Å². The maximum Gasteiger partial charge on any atom is 0.253 e. The minimum Gasteiger partial charge on any atom is -0.421 e. The van der Waals surface area contributed by atoms with Gasteiger partial charge in [0.25, 0.3) is 5.91 Å².